The third kappa shape index (κ3) is 10.4. The molecule has 0 fully saturated rings. The quantitative estimate of drug-likeness (QED) is 0.190. The fourth-order valence-corrected chi connectivity index (χ4v) is 4.73. The predicted molar refractivity (Wildman–Crippen MR) is 143 cm³/mol. The van der Waals surface area contributed by atoms with Crippen molar-refractivity contribution >= 4 is 16.6 Å². The minimum atomic E-state index is 0.383. The minimum Gasteiger partial charge on any atom is -0.299 e. The summed E-state index contributed by atoms with van der Waals surface area (Å²) in [6.45, 7) is 0. The van der Waals surface area contributed by atoms with Gasteiger partial charge in [0, 0.05) is 12.8 Å². The fraction of sp³-hybridized carbons (Fsp3) is 0.469. The van der Waals surface area contributed by atoms with Crippen LogP contribution in [0.3, 0.4) is 0 Å². The van der Waals surface area contributed by atoms with Crippen molar-refractivity contribution in [2.45, 2.75) is 96.3 Å². The lowest BCUT2D eigenvalue weighted by Gasteiger charge is -2.05. The number of carbonyl (C=O) groups is 1. The fourth-order valence-electron chi connectivity index (χ4n) is 4.73. The number of aryl methyl sites for hydroxylation is 1. The van der Waals surface area contributed by atoms with E-state index in [1.807, 2.05) is 0 Å². The number of benzene rings is 3. The second-order valence-corrected chi connectivity index (χ2v) is 9.63. The molecule has 0 aliphatic heterocycles. The molecule has 0 aliphatic rings. The van der Waals surface area contributed by atoms with Gasteiger partial charge in [-0.15, -0.1) is 0 Å². The lowest BCUT2D eigenvalue weighted by Crippen LogP contribution is -2.02. The zero-order valence-corrected chi connectivity index (χ0v) is 20.4. The molecular formula is C32H42O. The van der Waals surface area contributed by atoms with E-state index in [-0.39, 0.29) is 0 Å². The lowest BCUT2D eigenvalue weighted by molar-refractivity contribution is -0.118. The highest BCUT2D eigenvalue weighted by molar-refractivity contribution is 5.86. The van der Waals surface area contributed by atoms with Crippen LogP contribution in [0.2, 0.25) is 0 Å². The largest absolute Gasteiger partial charge is 0.299 e. The smallest absolute Gasteiger partial charge is 0.137 e. The Labute approximate surface area is 201 Å². The van der Waals surface area contributed by atoms with Gasteiger partial charge in [-0.1, -0.05) is 137 Å². The summed E-state index contributed by atoms with van der Waals surface area (Å²) in [6.07, 6.45) is 18.4. The van der Waals surface area contributed by atoms with E-state index in [9.17, 15) is 4.79 Å². The average Bonchev–Trinajstić information content (AvgIpc) is 2.85. The molecule has 0 heterocycles. The standard InChI is InChI=1S/C32H42O/c33-32(27-29-24-25-30-21-16-17-22-31(30)26-29)23-15-10-8-6-4-2-1-3-5-7-9-12-18-28-19-13-11-14-20-28/h11,13-14,16-17,19-22,24-26H,1-10,12,15,18,23,27H2. The van der Waals surface area contributed by atoms with Gasteiger partial charge in [0.25, 0.3) is 0 Å². The summed E-state index contributed by atoms with van der Waals surface area (Å²) in [6, 6.07) is 25.6. The van der Waals surface area contributed by atoms with E-state index in [1.54, 1.807) is 0 Å². The Balaban J connectivity index is 1.10. The normalized spacial score (nSPS) is 11.2. The summed E-state index contributed by atoms with van der Waals surface area (Å²) >= 11 is 0. The van der Waals surface area contributed by atoms with Gasteiger partial charge in [-0.05, 0) is 41.2 Å². The van der Waals surface area contributed by atoms with Gasteiger partial charge in [-0.2, -0.15) is 0 Å². The molecule has 1 heteroatoms. The maximum absolute atomic E-state index is 12.3. The average molecular weight is 443 g/mol. The van der Waals surface area contributed by atoms with E-state index in [4.69, 9.17) is 0 Å². The van der Waals surface area contributed by atoms with Crippen LogP contribution in [0.5, 0.6) is 0 Å². The molecule has 0 bridgehead atoms. The molecule has 0 amide bonds. The summed E-state index contributed by atoms with van der Waals surface area (Å²) < 4.78 is 0. The second-order valence-electron chi connectivity index (χ2n) is 9.63. The van der Waals surface area contributed by atoms with Crippen molar-refractivity contribution in [3.63, 3.8) is 0 Å². The van der Waals surface area contributed by atoms with Gasteiger partial charge < -0.3 is 0 Å². The van der Waals surface area contributed by atoms with E-state index in [1.165, 1.54) is 93.4 Å². The molecule has 0 saturated carbocycles. The highest BCUT2D eigenvalue weighted by atomic mass is 16.1. The highest BCUT2D eigenvalue weighted by Crippen LogP contribution is 2.17. The van der Waals surface area contributed by atoms with Crippen LogP contribution in [0.4, 0.5) is 0 Å². The topological polar surface area (TPSA) is 17.1 Å². The predicted octanol–water partition coefficient (Wildman–Crippen LogP) is 9.27. The molecule has 0 saturated heterocycles. The Morgan fingerprint density at radius 1 is 0.485 bits per heavy atom. The van der Waals surface area contributed by atoms with E-state index in [0.717, 1.165) is 18.4 Å². The molecular weight excluding hydrogens is 400 g/mol. The highest BCUT2D eigenvalue weighted by Gasteiger charge is 2.05. The summed E-state index contributed by atoms with van der Waals surface area (Å²) in [7, 11) is 0. The molecule has 0 unspecified atom stereocenters. The Morgan fingerprint density at radius 2 is 1.03 bits per heavy atom. The molecule has 0 N–H and O–H groups in total. The molecule has 0 atom stereocenters. The van der Waals surface area contributed by atoms with E-state index < -0.39 is 0 Å². The van der Waals surface area contributed by atoms with Crippen molar-refractivity contribution in [3.05, 3.63) is 83.9 Å². The number of hydrogen-bond acceptors (Lipinski definition) is 1. The number of rotatable bonds is 17. The van der Waals surface area contributed by atoms with Crippen molar-refractivity contribution in [1.29, 1.82) is 0 Å². The summed E-state index contributed by atoms with van der Waals surface area (Å²) in [5.41, 5.74) is 2.63. The molecule has 3 aromatic rings. The van der Waals surface area contributed by atoms with Crippen LogP contribution in [0.25, 0.3) is 10.8 Å². The van der Waals surface area contributed by atoms with E-state index >= 15 is 0 Å². The number of unbranched alkanes of at least 4 members (excludes halogenated alkanes) is 11. The Hall–Kier alpha value is -2.41. The SMILES string of the molecule is O=C(CCCCCCCCCCCCCCc1ccccc1)Cc1ccc2ccccc2c1. The Bertz CT molecular complexity index is 927. The van der Waals surface area contributed by atoms with Gasteiger partial charge >= 0.3 is 0 Å². The number of ketones is 1. The van der Waals surface area contributed by atoms with Crippen LogP contribution in [-0.4, -0.2) is 5.78 Å². The van der Waals surface area contributed by atoms with Gasteiger partial charge in [0.1, 0.15) is 5.78 Å². The van der Waals surface area contributed by atoms with Gasteiger partial charge in [0.15, 0.2) is 0 Å². The van der Waals surface area contributed by atoms with Crippen molar-refractivity contribution in [1.82, 2.24) is 0 Å². The maximum atomic E-state index is 12.3. The molecule has 0 spiro atoms. The van der Waals surface area contributed by atoms with E-state index in [0.29, 0.717) is 12.2 Å². The van der Waals surface area contributed by atoms with Crippen molar-refractivity contribution < 1.29 is 4.79 Å². The Kier molecular flexibility index (Phi) is 11.8. The van der Waals surface area contributed by atoms with Crippen molar-refractivity contribution in [2.24, 2.45) is 0 Å². The van der Waals surface area contributed by atoms with Crippen LogP contribution in [0, 0.1) is 0 Å². The van der Waals surface area contributed by atoms with Crippen molar-refractivity contribution in [3.8, 4) is 0 Å². The molecule has 176 valence electrons. The molecule has 3 rings (SSSR count). The monoisotopic (exact) mass is 442 g/mol. The third-order valence-electron chi connectivity index (χ3n) is 6.73. The number of carbonyl (C=O) groups excluding carboxylic acids is 1. The minimum absolute atomic E-state index is 0.383. The van der Waals surface area contributed by atoms with Crippen LogP contribution < -0.4 is 0 Å². The van der Waals surface area contributed by atoms with Crippen molar-refractivity contribution in [2.75, 3.05) is 0 Å². The summed E-state index contributed by atoms with van der Waals surface area (Å²) in [4.78, 5) is 12.3. The van der Waals surface area contributed by atoms with Crippen LogP contribution in [-0.2, 0) is 17.6 Å². The maximum Gasteiger partial charge on any atom is 0.137 e. The lowest BCUT2D eigenvalue weighted by atomic mass is 10.00. The van der Waals surface area contributed by atoms with Gasteiger partial charge in [-0.25, -0.2) is 0 Å². The second kappa shape index (κ2) is 15.4. The Morgan fingerprint density at radius 3 is 1.70 bits per heavy atom. The number of Topliss-reactive ketones (excluding diaryl/α,β-unsaturated/α-hetero) is 1. The van der Waals surface area contributed by atoms with E-state index in [2.05, 4.69) is 72.8 Å². The van der Waals surface area contributed by atoms with Gasteiger partial charge in [-0.3, -0.25) is 4.79 Å². The summed E-state index contributed by atoms with van der Waals surface area (Å²) in [5.74, 6) is 0.383. The van der Waals surface area contributed by atoms with Crippen LogP contribution >= 0.6 is 0 Å². The molecule has 0 radical (unpaired) electrons. The van der Waals surface area contributed by atoms with Gasteiger partial charge in [0.05, 0.1) is 0 Å². The molecule has 3 aromatic carbocycles. The van der Waals surface area contributed by atoms with Crippen LogP contribution in [0.15, 0.2) is 72.8 Å². The first-order valence-electron chi connectivity index (χ1n) is 13.3. The molecule has 0 aliphatic carbocycles. The first-order chi connectivity index (χ1) is 16.3. The third-order valence-corrected chi connectivity index (χ3v) is 6.73. The molecule has 33 heavy (non-hydrogen) atoms. The number of fused-ring (bicyclic) bond motifs is 1. The number of hydrogen-bond donors (Lipinski definition) is 0. The zero-order valence-electron chi connectivity index (χ0n) is 20.4. The molecule has 1 nitrogen and oxygen atoms in total. The molecule has 0 aromatic heterocycles. The van der Waals surface area contributed by atoms with Gasteiger partial charge in [0.2, 0.25) is 0 Å². The first-order valence-corrected chi connectivity index (χ1v) is 13.3. The zero-order chi connectivity index (χ0) is 23.0. The first kappa shape index (κ1) is 25.2. The summed E-state index contributed by atoms with van der Waals surface area (Å²) in [5, 5.41) is 2.47. The van der Waals surface area contributed by atoms with Crippen LogP contribution in [0.1, 0.15) is 94.6 Å².